The molecular weight excluding hydrogens is 854 g/mol. The molecule has 64 heavy (non-hydrogen) atoms. The molecule has 3 heterocycles. The Hall–Kier alpha value is -6.21. The Morgan fingerprint density at radius 1 is 0.719 bits per heavy atom. The van der Waals surface area contributed by atoms with E-state index in [2.05, 4.69) is 0 Å². The normalized spacial score (nSPS) is 27.9. The lowest BCUT2D eigenvalue weighted by atomic mass is 9.98. The van der Waals surface area contributed by atoms with Gasteiger partial charge in [0.15, 0.2) is 46.9 Å². The summed E-state index contributed by atoms with van der Waals surface area (Å²) in [6.07, 6.45) is -13.5. The van der Waals surface area contributed by atoms with Crippen LogP contribution >= 0.6 is 0 Å². The monoisotopic (exact) mass is 901 g/mol. The number of aromatic hydroxyl groups is 3. The van der Waals surface area contributed by atoms with Gasteiger partial charge in [0.25, 0.3) is 5.91 Å². The number of benzene rings is 3. The Balaban J connectivity index is 1.18. The van der Waals surface area contributed by atoms with Crippen LogP contribution in [0.15, 0.2) is 54.6 Å². The minimum atomic E-state index is -1.98. The number of aliphatic hydroxyl groups excluding tert-OH is 6. The molecule has 10 N–H and O–H groups in total. The average Bonchev–Trinajstić information content (AvgIpc) is 3.65. The Kier molecular flexibility index (Phi) is 14.8. The van der Waals surface area contributed by atoms with Crippen LogP contribution < -0.4 is 23.8 Å². The number of ether oxygens (including phenoxy) is 8. The molecule has 3 aromatic rings. The van der Waals surface area contributed by atoms with Crippen molar-refractivity contribution in [1.82, 2.24) is 0 Å². The van der Waals surface area contributed by atoms with Crippen molar-refractivity contribution >= 4 is 35.7 Å². The number of carboxylic acid groups (broad SMARTS) is 1. The summed E-state index contributed by atoms with van der Waals surface area (Å²) in [6.45, 7) is -1.57. The molecule has 0 unspecified atom stereocenters. The van der Waals surface area contributed by atoms with Crippen LogP contribution in [0.5, 0.6) is 40.2 Å². The largest absolute Gasteiger partial charge is 0.504 e. The molecule has 0 aliphatic carbocycles. The number of carbonyl (C=O) groups is 3. The third-order valence-electron chi connectivity index (χ3n) is 10.6. The first-order valence-electron chi connectivity index (χ1n) is 19.4. The number of phenols is 3. The van der Waals surface area contributed by atoms with E-state index in [-0.39, 0.29) is 46.4 Å². The molecule has 346 valence electrons. The molecule has 22 nitrogen and oxygen atoms in total. The van der Waals surface area contributed by atoms with Crippen LogP contribution in [-0.4, -0.2) is 171 Å². The molecule has 0 aromatic heterocycles. The van der Waals surface area contributed by atoms with E-state index >= 15 is 0 Å². The fourth-order valence-electron chi connectivity index (χ4n) is 7.20. The molecule has 3 aromatic carbocycles. The maximum absolute atomic E-state index is 13.5. The van der Waals surface area contributed by atoms with Crippen molar-refractivity contribution < 1.29 is 103 Å². The molecule has 3 aliphatic rings. The lowest BCUT2D eigenvalue weighted by Gasteiger charge is -2.43. The highest BCUT2D eigenvalue weighted by Crippen LogP contribution is 2.42. The van der Waals surface area contributed by atoms with Crippen molar-refractivity contribution in [3.63, 3.8) is 0 Å². The molecule has 1 amide bonds. The van der Waals surface area contributed by atoms with Crippen LogP contribution in [0.3, 0.4) is 0 Å². The smallest absolute Gasteiger partial charge is 0.331 e. The molecule has 0 radical (unpaired) electrons. The van der Waals surface area contributed by atoms with Crippen LogP contribution in [-0.2, 0) is 39.8 Å². The zero-order valence-electron chi connectivity index (χ0n) is 34.2. The van der Waals surface area contributed by atoms with Gasteiger partial charge in [-0.05, 0) is 59.2 Å². The molecule has 11 atom stereocenters. The second-order valence-electron chi connectivity index (χ2n) is 14.7. The molecule has 6 rings (SSSR count). The highest BCUT2D eigenvalue weighted by molar-refractivity contribution is 6.09. The van der Waals surface area contributed by atoms with Gasteiger partial charge in [-0.15, -0.1) is 0 Å². The number of fused-ring (bicyclic) bond motifs is 1. The van der Waals surface area contributed by atoms with Crippen LogP contribution in [0, 0.1) is 0 Å². The van der Waals surface area contributed by atoms with E-state index in [9.17, 15) is 65.4 Å². The minimum Gasteiger partial charge on any atom is -0.504 e. The Labute approximate surface area is 363 Å². The summed E-state index contributed by atoms with van der Waals surface area (Å²) in [5, 5.41) is 105. The summed E-state index contributed by atoms with van der Waals surface area (Å²) in [7, 11) is 3.94. The summed E-state index contributed by atoms with van der Waals surface area (Å²) in [6, 6.07) is 7.90. The first-order chi connectivity index (χ1) is 30.5. The Morgan fingerprint density at radius 3 is 1.98 bits per heavy atom. The predicted molar refractivity (Wildman–Crippen MR) is 216 cm³/mol. The second kappa shape index (κ2) is 20.1. The quantitative estimate of drug-likeness (QED) is 0.0656. The van der Waals surface area contributed by atoms with Crippen molar-refractivity contribution in [2.75, 3.05) is 39.4 Å². The molecule has 2 fully saturated rings. The number of esters is 1. The number of methoxy groups -OCH3 is 3. The number of aliphatic hydroxyl groups is 6. The van der Waals surface area contributed by atoms with E-state index in [0.717, 1.165) is 29.2 Å². The number of nitrogens with zero attached hydrogens (tertiary/aromatic N) is 1. The summed E-state index contributed by atoms with van der Waals surface area (Å²) < 4.78 is 43.5. The van der Waals surface area contributed by atoms with Gasteiger partial charge in [-0.1, -0.05) is 6.07 Å². The Morgan fingerprint density at radius 2 is 1.34 bits per heavy atom. The molecule has 0 spiro atoms. The van der Waals surface area contributed by atoms with Gasteiger partial charge in [-0.3, -0.25) is 9.69 Å². The van der Waals surface area contributed by atoms with E-state index in [0.29, 0.717) is 11.1 Å². The number of carbonyl (C=O) groups excluding carboxylic acids is 2. The van der Waals surface area contributed by atoms with Crippen LogP contribution in [0.25, 0.3) is 12.2 Å². The zero-order valence-corrected chi connectivity index (χ0v) is 34.2. The lowest BCUT2D eigenvalue weighted by molar-refractivity contribution is -0.324. The second-order valence-corrected chi connectivity index (χ2v) is 14.7. The predicted octanol–water partition coefficient (Wildman–Crippen LogP) is -0.848. The summed E-state index contributed by atoms with van der Waals surface area (Å²) >= 11 is 0. The van der Waals surface area contributed by atoms with Gasteiger partial charge in [0.1, 0.15) is 48.8 Å². The lowest BCUT2D eigenvalue weighted by Crippen LogP contribution is -2.62. The van der Waals surface area contributed by atoms with Gasteiger partial charge < -0.3 is 89.0 Å². The SMILES string of the molecule is COc1cc(/C=C/C(=O)N2c3cc(O[C@@H]4O[C@H](CO[C@@H]5O[C@H](CO)[C@@H](O)[C@H](O)[C@H]5OC(=O)/C=C/c5cc(OC)c(O)c(OC)c5)[C@@H](O)[C@H](O)[C@H]4O)c(O)cc3C[C@H]2C(=O)O)ccc1O. The maximum atomic E-state index is 13.5. The molecule has 22 heteroatoms. The molecular formula is C42H47NO21. The standard InChI is InChI=1S/C42H47NO21/c1-57-25-10-18(4-7-23(25)45)5-8-31(47)43-21-15-26(24(46)14-20(21)13-22(43)40(55)56)61-41-38(54)36(52)35(51)30(63-41)17-60-42-39(37(53)34(50)29(16-44)62-42)64-32(48)9-6-19-11-27(58-2)33(49)28(12-19)59-3/h4-12,14-15,22,29-30,34-39,41-42,44-46,49-54H,13,16-17H2,1-3H3,(H,55,56)/b8-5+,9-6+/t22-,29+,30+,34+,35+,36-,37-,38+,39+,41+,42+/m0/s1. The number of rotatable bonds is 15. The number of aliphatic carboxylic acids is 1. The molecule has 0 bridgehead atoms. The first-order valence-corrected chi connectivity index (χ1v) is 19.4. The van der Waals surface area contributed by atoms with Crippen molar-refractivity contribution in [2.45, 2.75) is 73.9 Å². The third-order valence-corrected chi connectivity index (χ3v) is 10.6. The summed E-state index contributed by atoms with van der Waals surface area (Å²) in [5.74, 6) is -4.49. The summed E-state index contributed by atoms with van der Waals surface area (Å²) in [5.41, 5.74) is 1.00. The van der Waals surface area contributed by atoms with Crippen molar-refractivity contribution in [2.24, 2.45) is 0 Å². The van der Waals surface area contributed by atoms with E-state index < -0.39 is 110 Å². The molecule has 3 aliphatic heterocycles. The number of phenolic OH excluding ortho intramolecular Hbond substituents is 3. The number of hydrogen-bond donors (Lipinski definition) is 10. The number of anilines is 1. The highest BCUT2D eigenvalue weighted by Gasteiger charge is 2.50. The van der Waals surface area contributed by atoms with Gasteiger partial charge in [0.2, 0.25) is 12.0 Å². The fourth-order valence-corrected chi connectivity index (χ4v) is 7.20. The third kappa shape index (κ3) is 9.94. The molecule has 2 saturated heterocycles. The van der Waals surface area contributed by atoms with Gasteiger partial charge >= 0.3 is 11.9 Å². The van der Waals surface area contributed by atoms with Gasteiger partial charge in [-0.2, -0.15) is 0 Å². The van der Waals surface area contributed by atoms with E-state index in [1.165, 1.54) is 63.8 Å². The summed E-state index contributed by atoms with van der Waals surface area (Å²) in [4.78, 5) is 39.8. The minimum absolute atomic E-state index is 0.00971. The first kappa shape index (κ1) is 47.3. The average molecular weight is 902 g/mol. The van der Waals surface area contributed by atoms with Crippen molar-refractivity contribution in [1.29, 1.82) is 0 Å². The Bertz CT molecular complexity index is 2220. The number of amides is 1. The van der Waals surface area contributed by atoms with Gasteiger partial charge in [0.05, 0.1) is 40.2 Å². The van der Waals surface area contributed by atoms with Crippen molar-refractivity contribution in [3.05, 3.63) is 71.3 Å². The highest BCUT2D eigenvalue weighted by atomic mass is 16.7. The number of carboxylic acids is 1. The van der Waals surface area contributed by atoms with Crippen LogP contribution in [0.1, 0.15) is 16.7 Å². The van der Waals surface area contributed by atoms with Crippen LogP contribution in [0.4, 0.5) is 5.69 Å². The number of hydrogen-bond acceptors (Lipinski definition) is 20. The van der Waals surface area contributed by atoms with Gasteiger partial charge in [0, 0.05) is 24.6 Å². The zero-order chi connectivity index (χ0) is 46.6. The van der Waals surface area contributed by atoms with E-state index in [1.54, 1.807) is 0 Å². The topological polar surface area (TPSA) is 331 Å². The van der Waals surface area contributed by atoms with Crippen LogP contribution in [0.2, 0.25) is 0 Å². The van der Waals surface area contributed by atoms with Gasteiger partial charge in [-0.25, -0.2) is 9.59 Å². The van der Waals surface area contributed by atoms with E-state index in [4.69, 9.17) is 37.9 Å². The van der Waals surface area contributed by atoms with Crippen molar-refractivity contribution in [3.8, 4) is 40.2 Å². The maximum Gasteiger partial charge on any atom is 0.331 e. The van der Waals surface area contributed by atoms with E-state index in [1.807, 2.05) is 0 Å². The molecule has 0 saturated carbocycles. The fraction of sp³-hybridized carbons (Fsp3) is 0.405.